The Morgan fingerprint density at radius 3 is 2.53 bits per heavy atom. The minimum atomic E-state index is -1.03. The smallest absolute Gasteiger partial charge is 0.302 e. The van der Waals surface area contributed by atoms with E-state index in [4.69, 9.17) is 23.7 Å². The first-order valence-electron chi connectivity index (χ1n) is 11.3. The molecule has 5 aliphatic heterocycles. The van der Waals surface area contributed by atoms with Crippen molar-refractivity contribution in [1.82, 2.24) is 0 Å². The normalized spacial score (nSPS) is 61.0. The summed E-state index contributed by atoms with van der Waals surface area (Å²) in [5.74, 6) is 0.0725. The molecule has 0 radical (unpaired) electrons. The molecule has 168 valence electrons. The molecular weight excluding hydrogens is 392 g/mol. The second kappa shape index (κ2) is 6.17. The third-order valence-corrected chi connectivity index (χ3v) is 9.56. The van der Waals surface area contributed by atoms with E-state index in [1.807, 2.05) is 0 Å². The predicted molar refractivity (Wildman–Crippen MR) is 101 cm³/mol. The number of aliphatic hydroxyl groups excluding tert-OH is 2. The standard InChI is InChI=1S/C22H32O8/c1-10-4-16(27-11(2)23)22-14(7-13(28-19(22)25)8-21(22)9-26-21)20(10,3)15-5-12-6-17(24)30-18(12)29-15/h10,12-19,24-25H,4-9H2,1-3H3. The van der Waals surface area contributed by atoms with Crippen molar-refractivity contribution in [3.8, 4) is 0 Å². The fourth-order valence-corrected chi connectivity index (χ4v) is 8.04. The predicted octanol–water partition coefficient (Wildman–Crippen LogP) is 1.32. The second-order valence-electron chi connectivity index (χ2n) is 10.7. The van der Waals surface area contributed by atoms with Crippen molar-refractivity contribution in [3.63, 3.8) is 0 Å². The number of esters is 1. The zero-order chi connectivity index (χ0) is 21.1. The largest absolute Gasteiger partial charge is 0.462 e. The Morgan fingerprint density at radius 1 is 1.10 bits per heavy atom. The van der Waals surface area contributed by atoms with Gasteiger partial charge in [-0.05, 0) is 31.1 Å². The van der Waals surface area contributed by atoms with Gasteiger partial charge in [-0.15, -0.1) is 0 Å². The van der Waals surface area contributed by atoms with Crippen LogP contribution in [0.5, 0.6) is 0 Å². The summed E-state index contributed by atoms with van der Waals surface area (Å²) < 4.78 is 30.0. The number of carbonyl (C=O) groups is 1. The van der Waals surface area contributed by atoms with Gasteiger partial charge in [0.25, 0.3) is 0 Å². The van der Waals surface area contributed by atoms with Crippen LogP contribution in [0.15, 0.2) is 0 Å². The molecule has 7 rings (SSSR count). The average molecular weight is 424 g/mol. The van der Waals surface area contributed by atoms with Crippen molar-refractivity contribution in [2.45, 2.75) is 95.7 Å². The fourth-order valence-electron chi connectivity index (χ4n) is 8.04. The minimum Gasteiger partial charge on any atom is -0.462 e. The molecule has 8 heteroatoms. The van der Waals surface area contributed by atoms with Crippen molar-refractivity contribution in [2.75, 3.05) is 6.61 Å². The number of hydrogen-bond donors (Lipinski definition) is 2. The lowest BCUT2D eigenvalue weighted by molar-refractivity contribution is -0.375. The van der Waals surface area contributed by atoms with Crippen LogP contribution in [0, 0.1) is 28.6 Å². The first-order valence-corrected chi connectivity index (χ1v) is 11.3. The molecule has 7 fully saturated rings. The van der Waals surface area contributed by atoms with Crippen molar-refractivity contribution < 1.29 is 38.7 Å². The number of fused-ring (bicyclic) bond motifs is 2. The molecule has 7 aliphatic rings. The Labute approximate surface area is 176 Å². The van der Waals surface area contributed by atoms with Crippen molar-refractivity contribution in [2.24, 2.45) is 28.6 Å². The molecule has 0 aromatic heterocycles. The fraction of sp³-hybridized carbons (Fsp3) is 0.955. The van der Waals surface area contributed by atoms with Gasteiger partial charge in [0.2, 0.25) is 0 Å². The summed E-state index contributed by atoms with van der Waals surface area (Å²) in [5.41, 5.74) is -1.56. The molecule has 0 aromatic carbocycles. The summed E-state index contributed by atoms with van der Waals surface area (Å²) >= 11 is 0. The SMILES string of the molecule is CC(=O)OC1CC(C)C(C)(C2CC3CC(O)OC3O2)C2CC3CC4(CO4)C12C(O)O3. The first-order chi connectivity index (χ1) is 14.2. The van der Waals surface area contributed by atoms with Crippen LogP contribution in [-0.2, 0) is 28.5 Å². The van der Waals surface area contributed by atoms with Gasteiger partial charge in [-0.1, -0.05) is 13.8 Å². The van der Waals surface area contributed by atoms with Gasteiger partial charge >= 0.3 is 5.97 Å². The number of rotatable bonds is 2. The van der Waals surface area contributed by atoms with Crippen LogP contribution in [0.25, 0.3) is 0 Å². The van der Waals surface area contributed by atoms with Gasteiger partial charge in [-0.25, -0.2) is 0 Å². The molecule has 12 unspecified atom stereocenters. The first kappa shape index (κ1) is 19.9. The van der Waals surface area contributed by atoms with Gasteiger partial charge in [0, 0.05) is 31.1 Å². The average Bonchev–Trinajstić information content (AvgIpc) is 3.15. The van der Waals surface area contributed by atoms with E-state index in [2.05, 4.69) is 13.8 Å². The van der Waals surface area contributed by atoms with Gasteiger partial charge in [-0.3, -0.25) is 4.79 Å². The van der Waals surface area contributed by atoms with Crippen LogP contribution < -0.4 is 0 Å². The zero-order valence-electron chi connectivity index (χ0n) is 17.8. The Hall–Kier alpha value is -0.770. The number of ether oxygens (including phenoxy) is 5. The van der Waals surface area contributed by atoms with Crippen molar-refractivity contribution >= 4 is 5.97 Å². The molecule has 2 spiro atoms. The van der Waals surface area contributed by atoms with Gasteiger partial charge in [0.1, 0.15) is 11.7 Å². The van der Waals surface area contributed by atoms with Crippen LogP contribution in [0.1, 0.15) is 52.9 Å². The van der Waals surface area contributed by atoms with E-state index in [-0.39, 0.29) is 47.6 Å². The number of hydrogen-bond acceptors (Lipinski definition) is 8. The third kappa shape index (κ3) is 2.30. The quantitative estimate of drug-likeness (QED) is 0.505. The van der Waals surface area contributed by atoms with E-state index in [9.17, 15) is 15.0 Å². The van der Waals surface area contributed by atoms with E-state index in [1.54, 1.807) is 0 Å². The van der Waals surface area contributed by atoms with Gasteiger partial charge in [0.05, 0.1) is 24.2 Å². The van der Waals surface area contributed by atoms with Crippen LogP contribution >= 0.6 is 0 Å². The monoisotopic (exact) mass is 424 g/mol. The Kier molecular flexibility index (Phi) is 4.09. The van der Waals surface area contributed by atoms with Crippen LogP contribution in [0.2, 0.25) is 0 Å². The lowest BCUT2D eigenvalue weighted by atomic mass is 9.40. The molecule has 5 heterocycles. The molecule has 12 atom stereocenters. The lowest BCUT2D eigenvalue weighted by Gasteiger charge is -2.68. The van der Waals surface area contributed by atoms with Gasteiger partial charge < -0.3 is 33.9 Å². The molecule has 2 bridgehead atoms. The molecule has 0 aromatic rings. The summed E-state index contributed by atoms with van der Waals surface area (Å²) in [6.45, 7) is 6.46. The maximum Gasteiger partial charge on any atom is 0.302 e. The van der Waals surface area contributed by atoms with E-state index in [0.29, 0.717) is 19.4 Å². The molecule has 0 amide bonds. The lowest BCUT2D eigenvalue weighted by Crippen LogP contribution is -2.76. The maximum atomic E-state index is 12.0. The number of epoxide rings is 1. The molecule has 8 nitrogen and oxygen atoms in total. The summed E-state index contributed by atoms with van der Waals surface area (Å²) in [7, 11) is 0. The molecule has 2 saturated carbocycles. The van der Waals surface area contributed by atoms with Crippen molar-refractivity contribution in [1.29, 1.82) is 0 Å². The van der Waals surface area contributed by atoms with Gasteiger partial charge in [-0.2, -0.15) is 0 Å². The molecule has 2 N–H and O–H groups in total. The molecule has 5 saturated heterocycles. The van der Waals surface area contributed by atoms with Crippen LogP contribution in [0.3, 0.4) is 0 Å². The Balaban J connectivity index is 1.42. The third-order valence-electron chi connectivity index (χ3n) is 9.56. The minimum absolute atomic E-state index is 0.0249. The Bertz CT molecular complexity index is 739. The van der Waals surface area contributed by atoms with E-state index < -0.39 is 29.7 Å². The van der Waals surface area contributed by atoms with Crippen molar-refractivity contribution in [3.05, 3.63) is 0 Å². The molecular formula is C22H32O8. The second-order valence-corrected chi connectivity index (χ2v) is 10.7. The molecule has 30 heavy (non-hydrogen) atoms. The highest BCUT2D eigenvalue weighted by molar-refractivity contribution is 5.66. The number of aliphatic hydroxyl groups is 2. The summed E-state index contributed by atoms with van der Waals surface area (Å²) in [6, 6.07) is 0. The topological polar surface area (TPSA) is 107 Å². The number of carbonyl (C=O) groups excluding carboxylic acids is 1. The van der Waals surface area contributed by atoms with Crippen LogP contribution in [0.4, 0.5) is 0 Å². The summed E-state index contributed by atoms with van der Waals surface area (Å²) in [5, 5.41) is 21.1. The highest BCUT2D eigenvalue weighted by atomic mass is 16.7. The van der Waals surface area contributed by atoms with Gasteiger partial charge in [0.15, 0.2) is 18.9 Å². The molecule has 2 aliphatic carbocycles. The van der Waals surface area contributed by atoms with E-state index in [0.717, 1.165) is 19.3 Å². The summed E-state index contributed by atoms with van der Waals surface area (Å²) in [6.07, 6.45) is 0.824. The highest BCUT2D eigenvalue weighted by Gasteiger charge is 2.82. The summed E-state index contributed by atoms with van der Waals surface area (Å²) in [4.78, 5) is 12.0. The van der Waals surface area contributed by atoms with E-state index in [1.165, 1.54) is 6.92 Å². The van der Waals surface area contributed by atoms with Crippen LogP contribution in [-0.4, -0.2) is 65.6 Å². The highest BCUT2D eigenvalue weighted by Crippen LogP contribution is 2.73. The van der Waals surface area contributed by atoms with E-state index >= 15 is 0 Å². The Morgan fingerprint density at radius 2 is 1.87 bits per heavy atom. The maximum absolute atomic E-state index is 12.0. The zero-order valence-corrected chi connectivity index (χ0v) is 17.8.